The minimum absolute atomic E-state index is 0.220. The van der Waals surface area contributed by atoms with Crippen LogP contribution in [0.2, 0.25) is 0 Å². The van der Waals surface area contributed by atoms with Crippen molar-refractivity contribution in [2.45, 2.75) is 19.1 Å². The first-order valence-corrected chi connectivity index (χ1v) is 7.14. The van der Waals surface area contributed by atoms with Crippen LogP contribution in [-0.4, -0.2) is 22.4 Å². The normalized spacial score (nSPS) is 17.3. The lowest BCUT2D eigenvalue weighted by molar-refractivity contribution is 0.227. The lowest BCUT2D eigenvalue weighted by Gasteiger charge is -2.11. The third kappa shape index (κ3) is 2.82. The van der Waals surface area contributed by atoms with Crippen LogP contribution < -0.4 is 10.1 Å². The Balaban J connectivity index is 1.52. The van der Waals surface area contributed by atoms with Gasteiger partial charge in [0, 0.05) is 37.2 Å². The van der Waals surface area contributed by atoms with Crippen molar-refractivity contribution in [2.75, 3.05) is 6.54 Å². The number of fused-ring (bicyclic) bond motifs is 1. The molecule has 1 aliphatic rings. The minimum atomic E-state index is 0.220. The molecular formula is C14H16BrN3O. The molecule has 2 aromatic rings. The second kappa shape index (κ2) is 5.35. The molecule has 0 bridgehead atoms. The topological polar surface area (TPSA) is 39.1 Å². The maximum Gasteiger partial charge on any atom is 0.123 e. The quantitative estimate of drug-likeness (QED) is 0.939. The number of rotatable bonds is 4. The van der Waals surface area contributed by atoms with Crippen molar-refractivity contribution in [3.05, 3.63) is 46.2 Å². The fourth-order valence-corrected chi connectivity index (χ4v) is 2.75. The molecule has 0 fully saturated rings. The molecule has 0 aliphatic carbocycles. The van der Waals surface area contributed by atoms with E-state index in [0.717, 1.165) is 29.7 Å². The molecule has 1 N–H and O–H groups in total. The van der Waals surface area contributed by atoms with E-state index in [1.807, 2.05) is 36.1 Å². The lowest BCUT2D eigenvalue weighted by atomic mass is 10.1. The van der Waals surface area contributed by atoms with Gasteiger partial charge in [-0.05, 0) is 29.8 Å². The Morgan fingerprint density at radius 1 is 1.47 bits per heavy atom. The van der Waals surface area contributed by atoms with Gasteiger partial charge in [0.2, 0.25) is 0 Å². The second-order valence-corrected chi connectivity index (χ2v) is 5.69. The summed E-state index contributed by atoms with van der Waals surface area (Å²) >= 11 is 3.49. The Morgan fingerprint density at radius 3 is 3.16 bits per heavy atom. The van der Waals surface area contributed by atoms with Gasteiger partial charge in [-0.25, -0.2) is 0 Å². The number of halogens is 1. The van der Waals surface area contributed by atoms with Crippen LogP contribution in [0.5, 0.6) is 5.75 Å². The number of nitrogens with one attached hydrogen (secondary N) is 1. The van der Waals surface area contributed by atoms with E-state index in [0.29, 0.717) is 0 Å². The molecule has 1 aromatic heterocycles. The average molecular weight is 322 g/mol. The summed E-state index contributed by atoms with van der Waals surface area (Å²) in [5, 5.41) is 7.57. The van der Waals surface area contributed by atoms with Gasteiger partial charge in [-0.15, -0.1) is 0 Å². The molecule has 2 heterocycles. The third-order valence-electron chi connectivity index (χ3n) is 3.36. The summed E-state index contributed by atoms with van der Waals surface area (Å²) < 4.78 is 8.90. The third-order valence-corrected chi connectivity index (χ3v) is 3.86. The first kappa shape index (κ1) is 12.7. The SMILES string of the molecule is Cn1nccc1CNCC1Cc2cc(Br)ccc2O1. The van der Waals surface area contributed by atoms with Gasteiger partial charge in [0.05, 0.1) is 5.69 Å². The summed E-state index contributed by atoms with van der Waals surface area (Å²) in [6.45, 7) is 1.66. The van der Waals surface area contributed by atoms with E-state index in [2.05, 4.69) is 32.4 Å². The number of aryl methyl sites for hydroxylation is 1. The zero-order valence-electron chi connectivity index (χ0n) is 10.8. The summed E-state index contributed by atoms with van der Waals surface area (Å²) in [5.74, 6) is 1.01. The number of hydrogen-bond acceptors (Lipinski definition) is 3. The van der Waals surface area contributed by atoms with Crippen molar-refractivity contribution in [3.8, 4) is 5.75 Å². The van der Waals surface area contributed by atoms with Gasteiger partial charge in [-0.3, -0.25) is 4.68 Å². The van der Waals surface area contributed by atoms with Crippen molar-refractivity contribution >= 4 is 15.9 Å². The van der Waals surface area contributed by atoms with Gasteiger partial charge >= 0.3 is 0 Å². The fourth-order valence-electron chi connectivity index (χ4n) is 2.34. The molecule has 100 valence electrons. The number of aromatic nitrogens is 2. The summed E-state index contributed by atoms with van der Waals surface area (Å²) in [4.78, 5) is 0. The minimum Gasteiger partial charge on any atom is -0.488 e. The van der Waals surface area contributed by atoms with Crippen LogP contribution in [0.25, 0.3) is 0 Å². The Bertz CT molecular complexity index is 582. The van der Waals surface area contributed by atoms with Gasteiger partial charge in [0.15, 0.2) is 0 Å². The summed E-state index contributed by atoms with van der Waals surface area (Å²) in [5.41, 5.74) is 2.46. The number of ether oxygens (including phenoxy) is 1. The van der Waals surface area contributed by atoms with Crippen molar-refractivity contribution in [3.63, 3.8) is 0 Å². The van der Waals surface area contributed by atoms with Crippen LogP contribution in [-0.2, 0) is 20.0 Å². The van der Waals surface area contributed by atoms with Crippen molar-refractivity contribution in [1.29, 1.82) is 0 Å². The molecule has 1 aliphatic heterocycles. The van der Waals surface area contributed by atoms with Gasteiger partial charge in [0.25, 0.3) is 0 Å². The molecule has 5 heteroatoms. The lowest BCUT2D eigenvalue weighted by Crippen LogP contribution is -2.30. The van der Waals surface area contributed by atoms with Crippen LogP contribution in [0.1, 0.15) is 11.3 Å². The molecule has 0 saturated heterocycles. The molecule has 1 unspecified atom stereocenters. The van der Waals surface area contributed by atoms with E-state index >= 15 is 0 Å². The molecule has 0 spiro atoms. The molecule has 19 heavy (non-hydrogen) atoms. The number of hydrogen-bond donors (Lipinski definition) is 1. The first-order valence-electron chi connectivity index (χ1n) is 6.35. The van der Waals surface area contributed by atoms with Crippen LogP contribution >= 0.6 is 15.9 Å². The van der Waals surface area contributed by atoms with Gasteiger partial charge < -0.3 is 10.1 Å². The van der Waals surface area contributed by atoms with Gasteiger partial charge in [0.1, 0.15) is 11.9 Å². The van der Waals surface area contributed by atoms with Crippen LogP contribution in [0, 0.1) is 0 Å². The van der Waals surface area contributed by atoms with E-state index in [1.165, 1.54) is 11.3 Å². The molecule has 1 aromatic carbocycles. The maximum absolute atomic E-state index is 5.91. The summed E-state index contributed by atoms with van der Waals surface area (Å²) in [6, 6.07) is 8.20. The van der Waals surface area contributed by atoms with E-state index in [4.69, 9.17) is 4.74 Å². The predicted molar refractivity (Wildman–Crippen MR) is 77.2 cm³/mol. The van der Waals surface area contributed by atoms with Gasteiger partial charge in [-0.2, -0.15) is 5.10 Å². The Kier molecular flexibility index (Phi) is 3.57. The second-order valence-electron chi connectivity index (χ2n) is 4.77. The zero-order valence-corrected chi connectivity index (χ0v) is 12.4. The van der Waals surface area contributed by atoms with Crippen molar-refractivity contribution in [1.82, 2.24) is 15.1 Å². The zero-order chi connectivity index (χ0) is 13.2. The highest BCUT2D eigenvalue weighted by molar-refractivity contribution is 9.10. The number of nitrogens with zero attached hydrogens (tertiary/aromatic N) is 2. The van der Waals surface area contributed by atoms with Crippen LogP contribution in [0.15, 0.2) is 34.9 Å². The highest BCUT2D eigenvalue weighted by Gasteiger charge is 2.22. The van der Waals surface area contributed by atoms with Crippen molar-refractivity contribution < 1.29 is 4.74 Å². The first-order chi connectivity index (χ1) is 9.22. The van der Waals surface area contributed by atoms with E-state index in [9.17, 15) is 0 Å². The average Bonchev–Trinajstić information content (AvgIpc) is 2.95. The molecule has 3 rings (SSSR count). The van der Waals surface area contributed by atoms with Crippen LogP contribution in [0.4, 0.5) is 0 Å². The Morgan fingerprint density at radius 2 is 2.37 bits per heavy atom. The predicted octanol–water partition coefficient (Wildman–Crippen LogP) is 2.28. The molecule has 0 radical (unpaired) electrons. The molecule has 1 atom stereocenters. The van der Waals surface area contributed by atoms with Gasteiger partial charge in [-0.1, -0.05) is 15.9 Å². The van der Waals surface area contributed by atoms with E-state index in [-0.39, 0.29) is 6.10 Å². The molecule has 0 saturated carbocycles. The monoisotopic (exact) mass is 321 g/mol. The molecule has 4 nitrogen and oxygen atoms in total. The smallest absolute Gasteiger partial charge is 0.123 e. The fraction of sp³-hybridized carbons (Fsp3) is 0.357. The highest BCUT2D eigenvalue weighted by Crippen LogP contribution is 2.30. The maximum atomic E-state index is 5.91. The molecular weight excluding hydrogens is 306 g/mol. The van der Waals surface area contributed by atoms with E-state index < -0.39 is 0 Å². The van der Waals surface area contributed by atoms with E-state index in [1.54, 1.807) is 0 Å². The largest absolute Gasteiger partial charge is 0.488 e. The molecule has 0 amide bonds. The number of benzene rings is 1. The Labute approximate surface area is 120 Å². The Hall–Kier alpha value is -1.33. The summed E-state index contributed by atoms with van der Waals surface area (Å²) in [7, 11) is 1.95. The van der Waals surface area contributed by atoms with Crippen LogP contribution in [0.3, 0.4) is 0 Å². The highest BCUT2D eigenvalue weighted by atomic mass is 79.9. The summed E-state index contributed by atoms with van der Waals surface area (Å²) in [6.07, 6.45) is 3.00. The van der Waals surface area contributed by atoms with Crippen molar-refractivity contribution in [2.24, 2.45) is 7.05 Å². The standard InChI is InChI=1S/C14H16BrN3O/c1-18-12(4-5-17-18)8-16-9-13-7-10-6-11(15)2-3-14(10)19-13/h2-6,13,16H,7-9H2,1H3.